The van der Waals surface area contributed by atoms with Crippen molar-refractivity contribution in [3.8, 4) is 5.69 Å². The quantitative estimate of drug-likeness (QED) is 0.868. The van der Waals surface area contributed by atoms with Gasteiger partial charge in [0.25, 0.3) is 0 Å². The highest BCUT2D eigenvalue weighted by atomic mass is 32.2. The lowest BCUT2D eigenvalue weighted by Gasteiger charge is -2.11. The van der Waals surface area contributed by atoms with E-state index in [0.717, 1.165) is 29.5 Å². The Kier molecular flexibility index (Phi) is 3.30. The summed E-state index contributed by atoms with van der Waals surface area (Å²) in [6.45, 7) is 0. The largest absolute Gasteiger partial charge is 0.298 e. The molecule has 1 heterocycles. The lowest BCUT2D eigenvalue weighted by molar-refractivity contribution is -0.116. The van der Waals surface area contributed by atoms with E-state index in [0.29, 0.717) is 18.1 Å². The van der Waals surface area contributed by atoms with E-state index >= 15 is 0 Å². The van der Waals surface area contributed by atoms with E-state index in [1.165, 1.54) is 12.8 Å². The van der Waals surface area contributed by atoms with Gasteiger partial charge in [-0.15, -0.1) is 10.2 Å². The zero-order valence-electron chi connectivity index (χ0n) is 11.7. The van der Waals surface area contributed by atoms with E-state index in [1.54, 1.807) is 11.8 Å². The molecule has 2 fully saturated rings. The first kappa shape index (κ1) is 13.1. The van der Waals surface area contributed by atoms with E-state index in [9.17, 15) is 4.79 Å². The lowest BCUT2D eigenvalue weighted by Crippen LogP contribution is -2.10. The summed E-state index contributed by atoms with van der Waals surface area (Å²) in [5, 5.41) is 9.70. The van der Waals surface area contributed by atoms with Gasteiger partial charge in [-0.2, -0.15) is 0 Å². The number of rotatable bonds is 4. The Morgan fingerprint density at radius 3 is 2.57 bits per heavy atom. The molecule has 5 heteroatoms. The molecule has 1 aromatic carbocycles. The highest BCUT2D eigenvalue weighted by Gasteiger charge is 2.33. The molecule has 2 aliphatic rings. The molecule has 4 nitrogen and oxygen atoms in total. The van der Waals surface area contributed by atoms with Crippen molar-refractivity contribution in [2.75, 3.05) is 0 Å². The molecule has 2 saturated carbocycles. The van der Waals surface area contributed by atoms with Crippen LogP contribution in [0.25, 0.3) is 5.69 Å². The molecule has 108 valence electrons. The van der Waals surface area contributed by atoms with Crippen LogP contribution >= 0.6 is 11.8 Å². The second-order valence-electron chi connectivity index (χ2n) is 5.75. The predicted molar refractivity (Wildman–Crippen MR) is 81.8 cm³/mol. The molecular formula is C16H17N3OS. The maximum atomic E-state index is 11.9. The summed E-state index contributed by atoms with van der Waals surface area (Å²) < 4.78 is 2.15. The number of carbonyl (C=O) groups excluding carboxylic acids is 1. The third kappa shape index (κ3) is 2.50. The molecule has 0 amide bonds. The number of carbonyl (C=O) groups is 1. The summed E-state index contributed by atoms with van der Waals surface area (Å²) in [6.07, 6.45) is 5.07. The van der Waals surface area contributed by atoms with Gasteiger partial charge in [-0.3, -0.25) is 9.36 Å². The first-order valence-electron chi connectivity index (χ1n) is 7.53. The Morgan fingerprint density at radius 2 is 1.90 bits per heavy atom. The smallest absolute Gasteiger partial charge is 0.196 e. The van der Waals surface area contributed by atoms with Crippen molar-refractivity contribution in [1.82, 2.24) is 14.8 Å². The van der Waals surface area contributed by atoms with Crippen LogP contribution in [0.1, 0.15) is 43.8 Å². The molecule has 0 spiro atoms. The number of hydrogen-bond acceptors (Lipinski definition) is 4. The van der Waals surface area contributed by atoms with Crippen molar-refractivity contribution in [3.63, 3.8) is 0 Å². The lowest BCUT2D eigenvalue weighted by atomic mass is 10.3. The Morgan fingerprint density at radius 1 is 1.10 bits per heavy atom. The third-order valence-corrected chi connectivity index (χ3v) is 5.37. The molecule has 0 saturated heterocycles. The molecule has 0 aliphatic heterocycles. The fraction of sp³-hybridized carbons (Fsp3) is 0.438. The van der Waals surface area contributed by atoms with Crippen LogP contribution in [0, 0.1) is 0 Å². The normalized spacial score (nSPS) is 21.9. The molecule has 21 heavy (non-hydrogen) atoms. The maximum Gasteiger partial charge on any atom is 0.196 e. The van der Waals surface area contributed by atoms with E-state index in [1.807, 2.05) is 18.2 Å². The second-order valence-corrected chi connectivity index (χ2v) is 6.92. The number of thioether (sulfide) groups is 1. The van der Waals surface area contributed by atoms with Gasteiger partial charge in [0.15, 0.2) is 5.16 Å². The minimum absolute atomic E-state index is 0.0590. The minimum atomic E-state index is 0.0590. The average molecular weight is 299 g/mol. The van der Waals surface area contributed by atoms with E-state index in [2.05, 4.69) is 26.9 Å². The number of para-hydroxylation sites is 1. The molecule has 1 aromatic heterocycles. The molecular weight excluding hydrogens is 282 g/mol. The van der Waals surface area contributed by atoms with Crippen molar-refractivity contribution >= 4 is 17.5 Å². The number of ketones is 1. The summed E-state index contributed by atoms with van der Waals surface area (Å²) in [5.74, 6) is 1.94. The van der Waals surface area contributed by atoms with Gasteiger partial charge in [0, 0.05) is 18.0 Å². The molecule has 4 rings (SSSR count). The monoisotopic (exact) mass is 299 g/mol. The maximum absolute atomic E-state index is 11.9. The summed E-state index contributed by atoms with van der Waals surface area (Å²) in [7, 11) is 0. The second kappa shape index (κ2) is 5.30. The summed E-state index contributed by atoms with van der Waals surface area (Å²) >= 11 is 1.59. The number of benzene rings is 1. The fourth-order valence-corrected chi connectivity index (χ4v) is 4.00. The van der Waals surface area contributed by atoms with Crippen molar-refractivity contribution < 1.29 is 4.79 Å². The minimum Gasteiger partial charge on any atom is -0.298 e. The van der Waals surface area contributed by atoms with E-state index in [4.69, 9.17) is 0 Å². The number of Topliss-reactive ketones (excluding diaryl/α,β-unsaturated/α-hetero) is 1. The van der Waals surface area contributed by atoms with Crippen LogP contribution in [-0.2, 0) is 4.79 Å². The van der Waals surface area contributed by atoms with Gasteiger partial charge in [0.1, 0.15) is 11.6 Å². The van der Waals surface area contributed by atoms with Gasteiger partial charge in [0.2, 0.25) is 0 Å². The van der Waals surface area contributed by atoms with Gasteiger partial charge in [-0.25, -0.2) is 0 Å². The number of nitrogens with zero attached hydrogens (tertiary/aromatic N) is 3. The van der Waals surface area contributed by atoms with Gasteiger partial charge in [0.05, 0.1) is 5.25 Å². The summed E-state index contributed by atoms with van der Waals surface area (Å²) in [4.78, 5) is 11.9. The van der Waals surface area contributed by atoms with Crippen LogP contribution < -0.4 is 0 Å². The Bertz CT molecular complexity index is 663. The van der Waals surface area contributed by atoms with E-state index < -0.39 is 0 Å². The molecule has 0 unspecified atom stereocenters. The first-order valence-corrected chi connectivity index (χ1v) is 8.41. The highest BCUT2D eigenvalue weighted by Crippen LogP contribution is 2.42. The summed E-state index contributed by atoms with van der Waals surface area (Å²) in [5.41, 5.74) is 1.09. The van der Waals surface area contributed by atoms with Gasteiger partial charge in [-0.05, 0) is 37.8 Å². The number of aromatic nitrogens is 3. The van der Waals surface area contributed by atoms with Crippen LogP contribution in [0.15, 0.2) is 35.5 Å². The van der Waals surface area contributed by atoms with Crippen LogP contribution in [0.4, 0.5) is 0 Å². The topological polar surface area (TPSA) is 47.8 Å². The number of hydrogen-bond donors (Lipinski definition) is 0. The Labute approximate surface area is 128 Å². The van der Waals surface area contributed by atoms with Crippen LogP contribution in [0.5, 0.6) is 0 Å². The van der Waals surface area contributed by atoms with Crippen molar-refractivity contribution in [2.24, 2.45) is 0 Å². The van der Waals surface area contributed by atoms with Crippen LogP contribution in [0.3, 0.4) is 0 Å². The van der Waals surface area contributed by atoms with Crippen molar-refractivity contribution in [3.05, 3.63) is 36.2 Å². The Hall–Kier alpha value is -1.62. The predicted octanol–water partition coefficient (Wildman–Crippen LogP) is 3.36. The molecule has 2 aromatic rings. The molecule has 1 atom stereocenters. The van der Waals surface area contributed by atoms with Gasteiger partial charge < -0.3 is 0 Å². The van der Waals surface area contributed by atoms with E-state index in [-0.39, 0.29) is 5.25 Å². The average Bonchev–Trinajstić information content (AvgIpc) is 3.16. The zero-order chi connectivity index (χ0) is 14.2. The van der Waals surface area contributed by atoms with Crippen molar-refractivity contribution in [2.45, 2.75) is 48.4 Å². The molecule has 0 bridgehead atoms. The molecule has 2 aliphatic carbocycles. The van der Waals surface area contributed by atoms with Gasteiger partial charge >= 0.3 is 0 Å². The van der Waals surface area contributed by atoms with Gasteiger partial charge in [-0.1, -0.05) is 30.0 Å². The third-order valence-electron chi connectivity index (χ3n) is 4.11. The van der Waals surface area contributed by atoms with Crippen LogP contribution in [0.2, 0.25) is 0 Å². The highest BCUT2D eigenvalue weighted by molar-refractivity contribution is 8.00. The first-order chi connectivity index (χ1) is 10.3. The van der Waals surface area contributed by atoms with Crippen molar-refractivity contribution in [1.29, 1.82) is 0 Å². The fourth-order valence-electron chi connectivity index (χ4n) is 2.82. The molecule has 0 radical (unpaired) electrons. The summed E-state index contributed by atoms with van der Waals surface area (Å²) in [6, 6.07) is 10.2. The zero-order valence-corrected chi connectivity index (χ0v) is 12.6. The molecule has 0 N–H and O–H groups in total. The van der Waals surface area contributed by atoms with Crippen LogP contribution in [-0.4, -0.2) is 25.8 Å². The SMILES string of the molecule is O=C1CCC[C@H]1Sc1nnc(C2CC2)n1-c1ccccc1. The standard InChI is InChI=1S/C16H17N3OS/c20-13-7-4-8-14(13)21-16-18-17-15(11-9-10-11)19(16)12-5-2-1-3-6-12/h1-3,5-6,11,14H,4,7-10H2/t14-/m1/s1. The Balaban J connectivity index is 1.71.